The van der Waals surface area contributed by atoms with Crippen LogP contribution in [-0.4, -0.2) is 30.0 Å². The van der Waals surface area contributed by atoms with Crippen molar-refractivity contribution in [3.05, 3.63) is 54.5 Å². The molecule has 3 aromatic rings. The highest BCUT2D eigenvalue weighted by atomic mass is 16.4. The first-order chi connectivity index (χ1) is 12.3. The quantitative estimate of drug-likeness (QED) is 0.724. The topological polar surface area (TPSA) is 71.5 Å². The fourth-order valence-corrected chi connectivity index (χ4v) is 3.10. The molecule has 6 nitrogen and oxygen atoms in total. The van der Waals surface area contributed by atoms with Gasteiger partial charge < -0.3 is 19.1 Å². The predicted molar refractivity (Wildman–Crippen MR) is 95.1 cm³/mol. The molecule has 0 aliphatic carbocycles. The Morgan fingerprint density at radius 3 is 3.08 bits per heavy atom. The smallest absolute Gasteiger partial charge is 0.298 e. The molecule has 6 heteroatoms. The minimum atomic E-state index is -0.138. The standard InChI is InChI=1S/C19H19N3O3/c23-18(10-9-15-6-4-12-24-15)20-13-14-5-3-11-22(14)19-21-16-7-1-2-8-17(16)25-19/h1-2,4,6-10,12,14H,3,5,11,13H2,(H,20,23)/b10-9+/t14-/m0/s1. The van der Waals surface area contributed by atoms with E-state index in [1.807, 2.05) is 24.3 Å². The molecule has 1 fully saturated rings. The van der Waals surface area contributed by atoms with E-state index in [0.29, 0.717) is 18.3 Å². The van der Waals surface area contributed by atoms with Crippen molar-refractivity contribution in [3.63, 3.8) is 0 Å². The summed E-state index contributed by atoms with van der Waals surface area (Å²) in [5.74, 6) is 0.518. The number of fused-ring (bicyclic) bond motifs is 1. The largest absolute Gasteiger partial charge is 0.465 e. The van der Waals surface area contributed by atoms with Crippen LogP contribution in [0.25, 0.3) is 17.2 Å². The number of benzene rings is 1. The molecule has 0 unspecified atom stereocenters. The van der Waals surface area contributed by atoms with Gasteiger partial charge in [-0.3, -0.25) is 4.79 Å². The molecule has 1 aliphatic heterocycles. The van der Waals surface area contributed by atoms with Gasteiger partial charge in [-0.1, -0.05) is 12.1 Å². The lowest BCUT2D eigenvalue weighted by Crippen LogP contribution is -2.39. The Morgan fingerprint density at radius 1 is 1.32 bits per heavy atom. The molecule has 1 N–H and O–H groups in total. The number of hydrogen-bond donors (Lipinski definition) is 1. The lowest BCUT2D eigenvalue weighted by atomic mass is 10.2. The zero-order valence-electron chi connectivity index (χ0n) is 13.7. The van der Waals surface area contributed by atoms with E-state index in [2.05, 4.69) is 15.2 Å². The Hall–Kier alpha value is -3.02. The monoisotopic (exact) mass is 337 g/mol. The summed E-state index contributed by atoms with van der Waals surface area (Å²) in [6.07, 6.45) is 6.77. The molecule has 0 spiro atoms. The van der Waals surface area contributed by atoms with Gasteiger partial charge in [-0.25, -0.2) is 0 Å². The van der Waals surface area contributed by atoms with Crippen molar-refractivity contribution in [3.8, 4) is 0 Å². The summed E-state index contributed by atoms with van der Waals surface area (Å²) in [6.45, 7) is 1.44. The van der Waals surface area contributed by atoms with Crippen molar-refractivity contribution in [2.45, 2.75) is 18.9 Å². The molecule has 4 rings (SSSR count). The Kier molecular flexibility index (Phi) is 4.24. The van der Waals surface area contributed by atoms with Crippen molar-refractivity contribution in [2.75, 3.05) is 18.0 Å². The summed E-state index contributed by atoms with van der Waals surface area (Å²) in [7, 11) is 0. The van der Waals surface area contributed by atoms with Gasteiger partial charge in [-0.05, 0) is 43.2 Å². The Bertz CT molecular complexity index is 849. The SMILES string of the molecule is O=C(/C=C/c1ccco1)NC[C@@H]1CCCN1c1nc2ccccc2o1. The Balaban J connectivity index is 1.39. The predicted octanol–water partition coefficient (Wildman–Crippen LogP) is 3.22. The van der Waals surface area contributed by atoms with E-state index in [1.165, 1.54) is 6.08 Å². The van der Waals surface area contributed by atoms with E-state index >= 15 is 0 Å². The summed E-state index contributed by atoms with van der Waals surface area (Å²) in [4.78, 5) is 18.7. The number of amides is 1. The number of oxazole rings is 1. The molecule has 0 saturated carbocycles. The molecule has 128 valence electrons. The van der Waals surface area contributed by atoms with Crippen LogP contribution in [0, 0.1) is 0 Å². The zero-order valence-corrected chi connectivity index (χ0v) is 13.7. The minimum absolute atomic E-state index is 0.138. The average Bonchev–Trinajstić information content (AvgIpc) is 3.37. The molecule has 1 amide bonds. The Morgan fingerprint density at radius 2 is 2.24 bits per heavy atom. The lowest BCUT2D eigenvalue weighted by molar-refractivity contribution is -0.116. The summed E-state index contributed by atoms with van der Waals surface area (Å²) < 4.78 is 11.0. The van der Waals surface area contributed by atoms with Gasteiger partial charge in [-0.2, -0.15) is 4.98 Å². The second-order valence-electron chi connectivity index (χ2n) is 6.05. The van der Waals surface area contributed by atoms with Crippen LogP contribution in [0.2, 0.25) is 0 Å². The highest BCUT2D eigenvalue weighted by Crippen LogP contribution is 2.27. The third-order valence-electron chi connectivity index (χ3n) is 4.36. The average molecular weight is 337 g/mol. The Labute approximate surface area is 145 Å². The van der Waals surface area contributed by atoms with E-state index in [4.69, 9.17) is 8.83 Å². The number of carbonyl (C=O) groups excluding carboxylic acids is 1. The van der Waals surface area contributed by atoms with Gasteiger partial charge in [0.2, 0.25) is 5.91 Å². The molecule has 0 radical (unpaired) electrons. The van der Waals surface area contributed by atoms with Gasteiger partial charge in [0.15, 0.2) is 5.58 Å². The molecule has 1 saturated heterocycles. The van der Waals surface area contributed by atoms with Crippen LogP contribution in [0.4, 0.5) is 6.01 Å². The van der Waals surface area contributed by atoms with Gasteiger partial charge in [0.05, 0.1) is 12.3 Å². The first-order valence-corrected chi connectivity index (χ1v) is 8.41. The maximum atomic E-state index is 12.0. The number of para-hydroxylation sites is 2. The number of carbonyl (C=O) groups is 1. The molecular weight excluding hydrogens is 318 g/mol. The first kappa shape index (κ1) is 15.5. The molecule has 25 heavy (non-hydrogen) atoms. The molecular formula is C19H19N3O3. The van der Waals surface area contributed by atoms with Crippen LogP contribution in [-0.2, 0) is 4.79 Å². The molecule has 2 aromatic heterocycles. The maximum Gasteiger partial charge on any atom is 0.298 e. The first-order valence-electron chi connectivity index (χ1n) is 8.41. The van der Waals surface area contributed by atoms with Crippen LogP contribution < -0.4 is 10.2 Å². The third-order valence-corrected chi connectivity index (χ3v) is 4.36. The summed E-state index contributed by atoms with van der Waals surface area (Å²) >= 11 is 0. The zero-order chi connectivity index (χ0) is 17.1. The summed E-state index contributed by atoms with van der Waals surface area (Å²) in [5, 5.41) is 2.94. The van der Waals surface area contributed by atoms with E-state index in [9.17, 15) is 4.79 Å². The van der Waals surface area contributed by atoms with Crippen LogP contribution in [0.1, 0.15) is 18.6 Å². The second-order valence-corrected chi connectivity index (χ2v) is 6.05. The van der Waals surface area contributed by atoms with Crippen LogP contribution >= 0.6 is 0 Å². The lowest BCUT2D eigenvalue weighted by Gasteiger charge is -2.22. The van der Waals surface area contributed by atoms with E-state index in [-0.39, 0.29) is 11.9 Å². The van der Waals surface area contributed by atoms with Crippen molar-refractivity contribution in [1.82, 2.24) is 10.3 Å². The minimum Gasteiger partial charge on any atom is -0.465 e. The number of hydrogen-bond acceptors (Lipinski definition) is 5. The fourth-order valence-electron chi connectivity index (χ4n) is 3.10. The van der Waals surface area contributed by atoms with E-state index < -0.39 is 0 Å². The number of aromatic nitrogens is 1. The molecule has 1 aliphatic rings. The van der Waals surface area contributed by atoms with Gasteiger partial charge in [-0.15, -0.1) is 0 Å². The van der Waals surface area contributed by atoms with Crippen molar-refractivity contribution in [2.24, 2.45) is 0 Å². The van der Waals surface area contributed by atoms with E-state index in [1.54, 1.807) is 24.5 Å². The van der Waals surface area contributed by atoms with Gasteiger partial charge in [0.1, 0.15) is 11.3 Å². The van der Waals surface area contributed by atoms with Crippen molar-refractivity contribution >= 4 is 29.1 Å². The van der Waals surface area contributed by atoms with Crippen molar-refractivity contribution in [1.29, 1.82) is 0 Å². The van der Waals surface area contributed by atoms with Crippen LogP contribution in [0.15, 0.2) is 57.6 Å². The molecule has 3 heterocycles. The highest BCUT2D eigenvalue weighted by Gasteiger charge is 2.28. The fraction of sp³-hybridized carbons (Fsp3) is 0.263. The number of rotatable bonds is 5. The molecule has 1 aromatic carbocycles. The third kappa shape index (κ3) is 3.42. The van der Waals surface area contributed by atoms with Gasteiger partial charge in [0.25, 0.3) is 6.01 Å². The second kappa shape index (κ2) is 6.84. The maximum absolute atomic E-state index is 12.0. The number of nitrogens with one attached hydrogen (secondary N) is 1. The molecule has 1 atom stereocenters. The highest BCUT2D eigenvalue weighted by molar-refractivity contribution is 5.91. The summed E-state index contributed by atoms with van der Waals surface area (Å²) in [6, 6.07) is 12.1. The van der Waals surface area contributed by atoms with Crippen molar-refractivity contribution < 1.29 is 13.6 Å². The molecule has 0 bridgehead atoms. The van der Waals surface area contributed by atoms with Crippen LogP contribution in [0.3, 0.4) is 0 Å². The van der Waals surface area contributed by atoms with E-state index in [0.717, 1.165) is 30.5 Å². The number of anilines is 1. The van der Waals surface area contributed by atoms with Gasteiger partial charge >= 0.3 is 0 Å². The normalized spacial score (nSPS) is 17.6. The number of nitrogens with zero attached hydrogens (tertiary/aromatic N) is 2. The van der Waals surface area contributed by atoms with Crippen LogP contribution in [0.5, 0.6) is 0 Å². The summed E-state index contributed by atoms with van der Waals surface area (Å²) in [5.41, 5.74) is 1.64. The van der Waals surface area contributed by atoms with Gasteiger partial charge in [0, 0.05) is 19.2 Å². The number of furan rings is 1.